The summed E-state index contributed by atoms with van der Waals surface area (Å²) in [6.07, 6.45) is 3.62. The number of aromatic nitrogens is 2. The Labute approximate surface area is 124 Å². The number of rotatable bonds is 5. The Morgan fingerprint density at radius 1 is 1.29 bits per heavy atom. The van der Waals surface area contributed by atoms with Gasteiger partial charge in [0.1, 0.15) is 0 Å². The van der Waals surface area contributed by atoms with Crippen LogP contribution < -0.4 is 5.32 Å². The lowest BCUT2D eigenvalue weighted by Gasteiger charge is -2.21. The van der Waals surface area contributed by atoms with Crippen molar-refractivity contribution in [3.05, 3.63) is 58.2 Å². The summed E-state index contributed by atoms with van der Waals surface area (Å²) >= 11 is 0. The molecule has 6 nitrogen and oxygen atoms in total. The summed E-state index contributed by atoms with van der Waals surface area (Å²) in [5.41, 5.74) is 2.25. The molecule has 2 aromatic rings. The van der Waals surface area contributed by atoms with Crippen LogP contribution in [0.4, 0.5) is 5.69 Å². The number of nitrogens with zero attached hydrogens (tertiary/aromatic N) is 3. The molecule has 1 aromatic heterocycles. The van der Waals surface area contributed by atoms with Crippen LogP contribution in [0.15, 0.2) is 36.8 Å². The zero-order chi connectivity index (χ0) is 15.5. The van der Waals surface area contributed by atoms with Gasteiger partial charge in [-0.05, 0) is 26.3 Å². The van der Waals surface area contributed by atoms with E-state index in [1.807, 2.05) is 10.8 Å². The van der Waals surface area contributed by atoms with E-state index in [2.05, 4.69) is 31.1 Å². The highest BCUT2D eigenvalue weighted by atomic mass is 16.6. The van der Waals surface area contributed by atoms with Crippen LogP contribution in [0.25, 0.3) is 0 Å². The molecule has 0 aliphatic rings. The van der Waals surface area contributed by atoms with Crippen molar-refractivity contribution in [1.82, 2.24) is 14.9 Å². The van der Waals surface area contributed by atoms with Gasteiger partial charge >= 0.3 is 0 Å². The highest BCUT2D eigenvalue weighted by molar-refractivity contribution is 5.33. The zero-order valence-electron chi connectivity index (χ0n) is 12.5. The second-order valence-electron chi connectivity index (χ2n) is 6.04. The van der Waals surface area contributed by atoms with Crippen molar-refractivity contribution in [1.29, 1.82) is 0 Å². The van der Waals surface area contributed by atoms with Crippen LogP contribution >= 0.6 is 0 Å². The first-order valence-corrected chi connectivity index (χ1v) is 6.82. The van der Waals surface area contributed by atoms with Crippen LogP contribution in [0.5, 0.6) is 0 Å². The Bertz CT molecular complexity index is 611. The Morgan fingerprint density at radius 3 is 2.52 bits per heavy atom. The predicted molar refractivity (Wildman–Crippen MR) is 81.0 cm³/mol. The third-order valence-electron chi connectivity index (χ3n) is 3.10. The number of hydrogen-bond acceptors (Lipinski definition) is 4. The molecule has 1 N–H and O–H groups in total. The Morgan fingerprint density at radius 2 is 1.95 bits per heavy atom. The van der Waals surface area contributed by atoms with Gasteiger partial charge in [0.15, 0.2) is 0 Å². The van der Waals surface area contributed by atoms with E-state index < -0.39 is 0 Å². The molecule has 0 unspecified atom stereocenters. The SMILES string of the molecule is CC(C)(C)NCc1cncn1Cc1ccc([N+](=O)[O-])cc1. The van der Waals surface area contributed by atoms with Gasteiger partial charge < -0.3 is 9.88 Å². The molecule has 0 saturated carbocycles. The van der Waals surface area contributed by atoms with Gasteiger partial charge in [0, 0.05) is 37.0 Å². The maximum absolute atomic E-state index is 10.6. The van der Waals surface area contributed by atoms with Crippen molar-refractivity contribution < 1.29 is 4.92 Å². The number of benzene rings is 1. The number of hydrogen-bond donors (Lipinski definition) is 1. The van der Waals surface area contributed by atoms with Crippen LogP contribution in [-0.2, 0) is 13.1 Å². The van der Waals surface area contributed by atoms with Crippen molar-refractivity contribution in [2.45, 2.75) is 39.4 Å². The lowest BCUT2D eigenvalue weighted by atomic mass is 10.1. The normalized spacial score (nSPS) is 11.6. The van der Waals surface area contributed by atoms with Crippen molar-refractivity contribution in [2.24, 2.45) is 0 Å². The summed E-state index contributed by atoms with van der Waals surface area (Å²) in [7, 11) is 0. The number of nitro benzene ring substituents is 1. The van der Waals surface area contributed by atoms with E-state index in [9.17, 15) is 10.1 Å². The molecule has 0 saturated heterocycles. The third-order valence-corrected chi connectivity index (χ3v) is 3.10. The largest absolute Gasteiger partial charge is 0.329 e. The minimum Gasteiger partial charge on any atom is -0.329 e. The summed E-state index contributed by atoms with van der Waals surface area (Å²) in [6, 6.07) is 6.61. The summed E-state index contributed by atoms with van der Waals surface area (Å²) in [6.45, 7) is 7.73. The first kappa shape index (κ1) is 15.2. The minimum absolute atomic E-state index is 0.0441. The molecule has 1 aromatic carbocycles. The minimum atomic E-state index is -0.389. The standard InChI is InChI=1S/C15H20N4O2/c1-15(2,3)17-9-14-8-16-11-18(14)10-12-4-6-13(7-5-12)19(20)21/h4-8,11,17H,9-10H2,1-3H3. The molecule has 0 bridgehead atoms. The molecule has 6 heteroatoms. The molecule has 21 heavy (non-hydrogen) atoms. The smallest absolute Gasteiger partial charge is 0.269 e. The number of nitrogens with one attached hydrogen (secondary N) is 1. The fourth-order valence-corrected chi connectivity index (χ4v) is 1.91. The Balaban J connectivity index is 2.06. The van der Waals surface area contributed by atoms with Crippen LogP contribution in [0.1, 0.15) is 32.0 Å². The van der Waals surface area contributed by atoms with Crippen molar-refractivity contribution >= 4 is 5.69 Å². The molecule has 1 heterocycles. The number of imidazole rings is 1. The second-order valence-corrected chi connectivity index (χ2v) is 6.04. The maximum atomic E-state index is 10.6. The fourth-order valence-electron chi connectivity index (χ4n) is 1.91. The molecular formula is C15H20N4O2. The molecule has 0 spiro atoms. The fraction of sp³-hybridized carbons (Fsp3) is 0.400. The quantitative estimate of drug-likeness (QED) is 0.678. The van der Waals surface area contributed by atoms with Crippen LogP contribution in [-0.4, -0.2) is 20.0 Å². The lowest BCUT2D eigenvalue weighted by Crippen LogP contribution is -2.35. The monoisotopic (exact) mass is 288 g/mol. The van der Waals surface area contributed by atoms with Crippen molar-refractivity contribution in [3.8, 4) is 0 Å². The van der Waals surface area contributed by atoms with Gasteiger partial charge in [-0.3, -0.25) is 10.1 Å². The maximum Gasteiger partial charge on any atom is 0.269 e. The van der Waals surface area contributed by atoms with Gasteiger partial charge in [0.05, 0.1) is 16.9 Å². The average molecular weight is 288 g/mol. The van der Waals surface area contributed by atoms with E-state index in [0.717, 1.165) is 17.8 Å². The molecule has 0 radical (unpaired) electrons. The summed E-state index contributed by atoms with van der Waals surface area (Å²) in [4.78, 5) is 14.4. The average Bonchev–Trinajstić information content (AvgIpc) is 2.83. The lowest BCUT2D eigenvalue weighted by molar-refractivity contribution is -0.384. The molecule has 112 valence electrons. The number of nitro groups is 1. The molecule has 2 rings (SSSR count). The van der Waals surface area contributed by atoms with E-state index in [1.54, 1.807) is 18.5 Å². The van der Waals surface area contributed by atoms with Gasteiger partial charge in [0.2, 0.25) is 0 Å². The Hall–Kier alpha value is -2.21. The molecular weight excluding hydrogens is 268 g/mol. The van der Waals surface area contributed by atoms with E-state index in [1.165, 1.54) is 12.1 Å². The van der Waals surface area contributed by atoms with Crippen LogP contribution in [0, 0.1) is 10.1 Å². The predicted octanol–water partition coefficient (Wildman–Crippen LogP) is 2.73. The third kappa shape index (κ3) is 4.39. The van der Waals surface area contributed by atoms with Crippen molar-refractivity contribution in [3.63, 3.8) is 0 Å². The van der Waals surface area contributed by atoms with Gasteiger partial charge in [-0.1, -0.05) is 12.1 Å². The molecule has 0 atom stereocenters. The first-order chi connectivity index (χ1) is 9.85. The van der Waals surface area contributed by atoms with Gasteiger partial charge in [0.25, 0.3) is 5.69 Å². The number of non-ortho nitro benzene ring substituents is 1. The Kier molecular flexibility index (Phi) is 4.37. The van der Waals surface area contributed by atoms with Crippen LogP contribution in [0.3, 0.4) is 0 Å². The van der Waals surface area contributed by atoms with Gasteiger partial charge in [-0.15, -0.1) is 0 Å². The topological polar surface area (TPSA) is 73.0 Å². The first-order valence-electron chi connectivity index (χ1n) is 6.82. The zero-order valence-corrected chi connectivity index (χ0v) is 12.5. The molecule has 0 amide bonds. The van der Waals surface area contributed by atoms with Gasteiger partial charge in [-0.2, -0.15) is 0 Å². The molecule has 0 aliphatic carbocycles. The second kappa shape index (κ2) is 6.05. The molecule has 0 fully saturated rings. The van der Waals surface area contributed by atoms with Gasteiger partial charge in [-0.25, -0.2) is 4.98 Å². The van der Waals surface area contributed by atoms with E-state index in [0.29, 0.717) is 6.54 Å². The van der Waals surface area contributed by atoms with E-state index in [-0.39, 0.29) is 16.1 Å². The van der Waals surface area contributed by atoms with E-state index >= 15 is 0 Å². The summed E-state index contributed by atoms with van der Waals surface area (Å²) in [5, 5.41) is 14.1. The highest BCUT2D eigenvalue weighted by Gasteiger charge is 2.11. The summed E-state index contributed by atoms with van der Waals surface area (Å²) < 4.78 is 2.04. The summed E-state index contributed by atoms with van der Waals surface area (Å²) in [5.74, 6) is 0. The van der Waals surface area contributed by atoms with Crippen molar-refractivity contribution in [2.75, 3.05) is 0 Å². The molecule has 0 aliphatic heterocycles. The van der Waals surface area contributed by atoms with Crippen LogP contribution in [0.2, 0.25) is 0 Å². The highest BCUT2D eigenvalue weighted by Crippen LogP contribution is 2.14. The van der Waals surface area contributed by atoms with E-state index in [4.69, 9.17) is 0 Å².